The Morgan fingerprint density at radius 3 is 2.31 bits per heavy atom. The van der Waals surface area contributed by atoms with Gasteiger partial charge in [-0.1, -0.05) is 0 Å². The van der Waals surface area contributed by atoms with Crippen molar-refractivity contribution >= 4 is 21.7 Å². The van der Waals surface area contributed by atoms with Crippen LogP contribution in [0.1, 0.15) is 72.0 Å². The number of piperidine rings is 2. The number of nitrogens with zero attached hydrogens (tertiary/aromatic N) is 5. The van der Waals surface area contributed by atoms with Gasteiger partial charge in [-0.15, -0.1) is 0 Å². The summed E-state index contributed by atoms with van der Waals surface area (Å²) in [5, 5.41) is 5.07. The third-order valence-corrected chi connectivity index (χ3v) is 9.49. The highest BCUT2D eigenvalue weighted by molar-refractivity contribution is 7.91. The van der Waals surface area contributed by atoms with Gasteiger partial charge in [-0.2, -0.15) is 5.10 Å². The number of likely N-dealkylation sites (tertiary alicyclic amines) is 1. The highest BCUT2D eigenvalue weighted by Gasteiger charge is 2.38. The summed E-state index contributed by atoms with van der Waals surface area (Å²) in [5.41, 5.74) is 0.667. The predicted molar refractivity (Wildman–Crippen MR) is 142 cm³/mol. The van der Waals surface area contributed by atoms with Crippen LogP contribution in [0.15, 0.2) is 6.07 Å². The topological polar surface area (TPSA) is 88.0 Å². The van der Waals surface area contributed by atoms with Crippen LogP contribution in [0.5, 0.6) is 0 Å². The van der Waals surface area contributed by atoms with Crippen molar-refractivity contribution in [3.05, 3.63) is 11.8 Å². The summed E-state index contributed by atoms with van der Waals surface area (Å²) in [5.74, 6) is 2.19. The predicted octanol–water partition coefficient (Wildman–Crippen LogP) is 3.49. The molecule has 9 nitrogen and oxygen atoms in total. The lowest BCUT2D eigenvalue weighted by Crippen LogP contribution is -2.53. The summed E-state index contributed by atoms with van der Waals surface area (Å²) < 4.78 is 31.2. The number of carbonyl (C=O) groups excluding carboxylic acids is 1. The Morgan fingerprint density at radius 2 is 1.72 bits per heavy atom. The molecule has 3 saturated heterocycles. The van der Waals surface area contributed by atoms with Gasteiger partial charge >= 0.3 is 6.09 Å². The minimum Gasteiger partial charge on any atom is -0.444 e. The van der Waals surface area contributed by atoms with Crippen LogP contribution in [0.25, 0.3) is 0 Å². The zero-order valence-electron chi connectivity index (χ0n) is 23.0. The van der Waals surface area contributed by atoms with E-state index in [0.717, 1.165) is 50.3 Å². The third kappa shape index (κ3) is 6.54. The van der Waals surface area contributed by atoms with Crippen molar-refractivity contribution in [2.45, 2.75) is 84.4 Å². The van der Waals surface area contributed by atoms with Gasteiger partial charge in [0.2, 0.25) is 0 Å². The summed E-state index contributed by atoms with van der Waals surface area (Å²) in [7, 11) is -2.84. The van der Waals surface area contributed by atoms with E-state index in [1.807, 2.05) is 25.7 Å². The number of rotatable bonds is 4. The molecule has 0 saturated carbocycles. The molecule has 0 radical (unpaired) electrons. The zero-order chi connectivity index (χ0) is 26.3. The zero-order valence-corrected chi connectivity index (χ0v) is 23.8. The average Bonchev–Trinajstić information content (AvgIpc) is 3.14. The number of ether oxygens (including phenoxy) is 1. The molecule has 1 aromatic heterocycles. The van der Waals surface area contributed by atoms with E-state index in [1.54, 1.807) is 0 Å². The molecule has 204 valence electrons. The normalized spacial score (nSPS) is 25.7. The van der Waals surface area contributed by atoms with Gasteiger partial charge in [0, 0.05) is 56.6 Å². The van der Waals surface area contributed by atoms with Crippen LogP contribution in [0.3, 0.4) is 0 Å². The third-order valence-electron chi connectivity index (χ3n) is 7.88. The fourth-order valence-electron chi connectivity index (χ4n) is 6.00. The van der Waals surface area contributed by atoms with Crippen molar-refractivity contribution in [1.29, 1.82) is 0 Å². The molecule has 0 spiro atoms. The molecular weight excluding hydrogens is 478 g/mol. The number of hydrogen-bond donors (Lipinski definition) is 0. The Kier molecular flexibility index (Phi) is 7.68. The molecule has 1 unspecified atom stereocenters. The van der Waals surface area contributed by atoms with Gasteiger partial charge in [0.1, 0.15) is 5.60 Å². The highest BCUT2D eigenvalue weighted by Crippen LogP contribution is 2.36. The lowest BCUT2D eigenvalue weighted by molar-refractivity contribution is 0.0184. The van der Waals surface area contributed by atoms with E-state index < -0.39 is 15.4 Å². The van der Waals surface area contributed by atoms with Crippen LogP contribution in [0, 0.1) is 12.8 Å². The first-order valence-electron chi connectivity index (χ1n) is 13.5. The lowest BCUT2D eigenvalue weighted by atomic mass is 9.82. The molecule has 10 heteroatoms. The molecule has 4 heterocycles. The molecule has 36 heavy (non-hydrogen) atoms. The molecule has 3 aliphatic heterocycles. The second-order valence-corrected chi connectivity index (χ2v) is 14.9. The molecule has 3 fully saturated rings. The van der Waals surface area contributed by atoms with E-state index in [-0.39, 0.29) is 17.7 Å². The largest absolute Gasteiger partial charge is 0.444 e. The van der Waals surface area contributed by atoms with Crippen LogP contribution >= 0.6 is 0 Å². The SMILES string of the molecule is Cc1cc(N2CCC(CN3CCS(=O)(=O)CC3)CC2(C)C)nn1C1CCN(C(=O)OC(C)(C)C)CC1. The van der Waals surface area contributed by atoms with E-state index in [4.69, 9.17) is 9.84 Å². The van der Waals surface area contributed by atoms with Gasteiger partial charge in [-0.05, 0) is 73.1 Å². The lowest BCUT2D eigenvalue weighted by Gasteiger charge is -2.47. The van der Waals surface area contributed by atoms with E-state index in [9.17, 15) is 13.2 Å². The van der Waals surface area contributed by atoms with Crippen LogP contribution < -0.4 is 4.90 Å². The second-order valence-electron chi connectivity index (χ2n) is 12.6. The first-order chi connectivity index (χ1) is 16.7. The molecule has 0 aliphatic carbocycles. The second kappa shape index (κ2) is 10.2. The average molecular weight is 524 g/mol. The Labute approximate surface area is 217 Å². The van der Waals surface area contributed by atoms with Gasteiger partial charge in [0.05, 0.1) is 17.5 Å². The summed E-state index contributed by atoms with van der Waals surface area (Å²) in [6.07, 6.45) is 3.68. The summed E-state index contributed by atoms with van der Waals surface area (Å²) in [6.45, 7) is 17.1. The summed E-state index contributed by atoms with van der Waals surface area (Å²) in [4.78, 5) is 19.0. The van der Waals surface area contributed by atoms with Crippen molar-refractivity contribution in [2.75, 3.05) is 55.7 Å². The number of sulfone groups is 1. The highest BCUT2D eigenvalue weighted by atomic mass is 32.2. The molecule has 1 atom stereocenters. The molecule has 4 rings (SSSR count). The van der Waals surface area contributed by atoms with Gasteiger partial charge in [0.25, 0.3) is 0 Å². The molecule has 0 aromatic carbocycles. The van der Waals surface area contributed by atoms with Crippen LogP contribution in [0.2, 0.25) is 0 Å². The Bertz CT molecular complexity index is 1020. The van der Waals surface area contributed by atoms with Gasteiger partial charge < -0.3 is 19.4 Å². The molecule has 1 aromatic rings. The molecule has 3 aliphatic rings. The van der Waals surface area contributed by atoms with Crippen molar-refractivity contribution in [3.63, 3.8) is 0 Å². The first-order valence-corrected chi connectivity index (χ1v) is 15.3. The summed E-state index contributed by atoms with van der Waals surface area (Å²) in [6, 6.07) is 2.49. The number of aromatic nitrogens is 2. The minimum atomic E-state index is -2.84. The Morgan fingerprint density at radius 1 is 1.08 bits per heavy atom. The number of hydrogen-bond acceptors (Lipinski definition) is 7. The fraction of sp³-hybridized carbons (Fsp3) is 0.846. The maximum absolute atomic E-state index is 12.4. The molecule has 1 amide bonds. The maximum Gasteiger partial charge on any atom is 0.410 e. The van der Waals surface area contributed by atoms with E-state index in [2.05, 4.69) is 41.3 Å². The van der Waals surface area contributed by atoms with Crippen LogP contribution in [0.4, 0.5) is 10.6 Å². The van der Waals surface area contributed by atoms with E-state index in [1.165, 1.54) is 0 Å². The van der Waals surface area contributed by atoms with Crippen molar-refractivity contribution < 1.29 is 17.9 Å². The first kappa shape index (κ1) is 27.2. The number of amides is 1. The van der Waals surface area contributed by atoms with Crippen LogP contribution in [-0.4, -0.2) is 96.0 Å². The smallest absolute Gasteiger partial charge is 0.410 e. The van der Waals surface area contributed by atoms with E-state index in [0.29, 0.717) is 43.6 Å². The Balaban J connectivity index is 1.34. The number of aryl methyl sites for hydroxylation is 1. The van der Waals surface area contributed by atoms with Gasteiger partial charge in [-0.3, -0.25) is 4.68 Å². The van der Waals surface area contributed by atoms with Crippen molar-refractivity contribution in [1.82, 2.24) is 19.6 Å². The fourth-order valence-corrected chi connectivity index (χ4v) is 7.28. The van der Waals surface area contributed by atoms with Crippen molar-refractivity contribution in [2.24, 2.45) is 5.92 Å². The van der Waals surface area contributed by atoms with Crippen molar-refractivity contribution in [3.8, 4) is 0 Å². The van der Waals surface area contributed by atoms with E-state index >= 15 is 0 Å². The standard InChI is InChI=1S/C26H45N5O4S/c1-20-17-23(27-31(20)22-8-10-29(11-9-22)24(32)35-25(2,3)4)30-12-7-21(18-26(30,5)6)19-28-13-15-36(33,34)16-14-28/h17,21-22H,7-16,18-19H2,1-6H3. The number of carbonyl (C=O) groups is 1. The van der Waals surface area contributed by atoms with Crippen LogP contribution in [-0.2, 0) is 14.6 Å². The van der Waals surface area contributed by atoms with Gasteiger partial charge in [0.15, 0.2) is 15.7 Å². The molecule has 0 bridgehead atoms. The maximum atomic E-state index is 12.4. The molecular formula is C26H45N5O4S. The Hall–Kier alpha value is -1.81. The number of anilines is 1. The summed E-state index contributed by atoms with van der Waals surface area (Å²) >= 11 is 0. The quantitative estimate of drug-likeness (QED) is 0.597. The minimum absolute atomic E-state index is 0.0174. The monoisotopic (exact) mass is 523 g/mol. The van der Waals surface area contributed by atoms with Gasteiger partial charge in [-0.25, -0.2) is 13.2 Å². The molecule has 0 N–H and O–H groups in total.